The molecule has 0 saturated carbocycles. The predicted octanol–water partition coefficient (Wildman–Crippen LogP) is 3.98. The number of hydrogen-bond acceptors (Lipinski definition) is 0. The highest BCUT2D eigenvalue weighted by atomic mass is 14.1. The molecule has 0 aliphatic rings. The van der Waals surface area contributed by atoms with E-state index in [1.807, 2.05) is 0 Å². The predicted molar refractivity (Wildman–Crippen MR) is 63.8 cm³/mol. The number of hydrogen-bond donors (Lipinski definition) is 0. The van der Waals surface area contributed by atoms with Gasteiger partial charge in [-0.3, -0.25) is 0 Å². The first-order chi connectivity index (χ1) is 6.70. The van der Waals surface area contributed by atoms with Crippen LogP contribution in [0.3, 0.4) is 0 Å². The Kier molecular flexibility index (Phi) is 3.94. The quantitative estimate of drug-likeness (QED) is 0.629. The number of aryl methyl sites for hydroxylation is 1. The molecule has 0 aromatic heterocycles. The van der Waals surface area contributed by atoms with Crippen LogP contribution in [-0.4, -0.2) is 0 Å². The molecule has 76 valence electrons. The third kappa shape index (κ3) is 2.25. The van der Waals surface area contributed by atoms with E-state index in [2.05, 4.69) is 52.0 Å². The molecule has 0 fully saturated rings. The summed E-state index contributed by atoms with van der Waals surface area (Å²) in [4.78, 5) is 0. The van der Waals surface area contributed by atoms with Crippen molar-refractivity contribution in [2.45, 2.75) is 40.5 Å². The Morgan fingerprint density at radius 1 is 1.07 bits per heavy atom. The van der Waals surface area contributed by atoms with Gasteiger partial charge in [-0.05, 0) is 55.9 Å². The van der Waals surface area contributed by atoms with E-state index in [9.17, 15) is 0 Å². The summed E-state index contributed by atoms with van der Waals surface area (Å²) in [7, 11) is 0. The lowest BCUT2D eigenvalue weighted by Crippen LogP contribution is -1.95. The van der Waals surface area contributed by atoms with Crippen molar-refractivity contribution in [1.29, 1.82) is 0 Å². The van der Waals surface area contributed by atoms with Crippen molar-refractivity contribution in [3.05, 3.63) is 46.5 Å². The first-order valence-electron chi connectivity index (χ1n) is 5.39. The summed E-state index contributed by atoms with van der Waals surface area (Å²) in [5.74, 6) is 0. The third-order valence-corrected chi connectivity index (χ3v) is 2.97. The summed E-state index contributed by atoms with van der Waals surface area (Å²) in [6, 6.07) is 4.53. The maximum Gasteiger partial charge on any atom is -0.00948 e. The Morgan fingerprint density at radius 2 is 1.64 bits per heavy atom. The molecule has 1 aromatic rings. The van der Waals surface area contributed by atoms with E-state index in [1.165, 1.54) is 22.3 Å². The van der Waals surface area contributed by atoms with Crippen molar-refractivity contribution in [2.24, 2.45) is 0 Å². The van der Waals surface area contributed by atoms with Crippen molar-refractivity contribution < 1.29 is 0 Å². The van der Waals surface area contributed by atoms with E-state index in [1.54, 1.807) is 0 Å². The summed E-state index contributed by atoms with van der Waals surface area (Å²) in [6.45, 7) is 8.75. The fourth-order valence-electron chi connectivity index (χ4n) is 1.78. The van der Waals surface area contributed by atoms with Gasteiger partial charge in [-0.25, -0.2) is 0 Å². The summed E-state index contributed by atoms with van der Waals surface area (Å²) in [5.41, 5.74) is 5.86. The molecule has 0 aliphatic heterocycles. The molecule has 0 radical (unpaired) electrons. The van der Waals surface area contributed by atoms with Gasteiger partial charge >= 0.3 is 0 Å². The van der Waals surface area contributed by atoms with E-state index >= 15 is 0 Å². The topological polar surface area (TPSA) is 0 Å². The summed E-state index contributed by atoms with van der Waals surface area (Å²) in [6.07, 6.45) is 6.53. The van der Waals surface area contributed by atoms with E-state index in [0.717, 1.165) is 12.8 Å². The lowest BCUT2D eigenvalue weighted by atomic mass is 9.95. The lowest BCUT2D eigenvalue weighted by molar-refractivity contribution is 1.07. The molecule has 0 unspecified atom stereocenters. The minimum atomic E-state index is 1.06. The van der Waals surface area contributed by atoms with Crippen LogP contribution in [0, 0.1) is 13.8 Å². The van der Waals surface area contributed by atoms with Gasteiger partial charge in [-0.15, -0.1) is 0 Å². The third-order valence-electron chi connectivity index (χ3n) is 2.97. The van der Waals surface area contributed by atoms with Gasteiger partial charge in [0, 0.05) is 0 Å². The standard InChI is InChI=1S/C14H20/c1-5-7-8-14-10-9-13(6-2)11(3)12(14)4/h5,7,9-10H,6,8H2,1-4H3/b7-5+. The Bertz CT molecular complexity index is 332. The first kappa shape index (κ1) is 11.0. The van der Waals surface area contributed by atoms with E-state index in [-0.39, 0.29) is 0 Å². The fourth-order valence-corrected chi connectivity index (χ4v) is 1.78. The molecule has 0 heterocycles. The number of benzene rings is 1. The summed E-state index contributed by atoms with van der Waals surface area (Å²) in [5, 5.41) is 0. The van der Waals surface area contributed by atoms with Crippen molar-refractivity contribution in [1.82, 2.24) is 0 Å². The first-order valence-corrected chi connectivity index (χ1v) is 5.39. The van der Waals surface area contributed by atoms with Crippen LogP contribution in [-0.2, 0) is 12.8 Å². The molecule has 0 N–H and O–H groups in total. The molecule has 0 aliphatic carbocycles. The highest BCUT2D eigenvalue weighted by Gasteiger charge is 2.03. The average Bonchev–Trinajstić information content (AvgIpc) is 2.20. The average molecular weight is 188 g/mol. The Balaban J connectivity index is 3.04. The van der Waals surface area contributed by atoms with Gasteiger partial charge < -0.3 is 0 Å². The molecule has 0 nitrogen and oxygen atoms in total. The highest BCUT2D eigenvalue weighted by Crippen LogP contribution is 2.18. The zero-order chi connectivity index (χ0) is 10.6. The van der Waals surface area contributed by atoms with E-state index in [4.69, 9.17) is 0 Å². The second kappa shape index (κ2) is 4.99. The molecule has 1 rings (SSSR count). The molecule has 0 bridgehead atoms. The summed E-state index contributed by atoms with van der Waals surface area (Å²) < 4.78 is 0. The van der Waals surface area contributed by atoms with Gasteiger partial charge in [0.25, 0.3) is 0 Å². The highest BCUT2D eigenvalue weighted by molar-refractivity contribution is 5.40. The normalized spacial score (nSPS) is 11.1. The van der Waals surface area contributed by atoms with Crippen LogP contribution in [0.2, 0.25) is 0 Å². The molecular formula is C14H20. The van der Waals surface area contributed by atoms with Crippen molar-refractivity contribution in [3.8, 4) is 0 Å². The molecular weight excluding hydrogens is 168 g/mol. The fraction of sp³-hybridized carbons (Fsp3) is 0.429. The van der Waals surface area contributed by atoms with Crippen molar-refractivity contribution in [2.75, 3.05) is 0 Å². The maximum absolute atomic E-state index is 2.27. The maximum atomic E-state index is 2.27. The SMILES string of the molecule is C/C=C/Cc1ccc(CC)c(C)c1C. The van der Waals surface area contributed by atoms with Gasteiger partial charge in [0.1, 0.15) is 0 Å². The Morgan fingerprint density at radius 3 is 2.21 bits per heavy atom. The van der Waals surface area contributed by atoms with Crippen LogP contribution < -0.4 is 0 Å². The van der Waals surface area contributed by atoms with Crippen molar-refractivity contribution in [3.63, 3.8) is 0 Å². The minimum absolute atomic E-state index is 1.06. The Hall–Kier alpha value is -1.04. The molecule has 0 heteroatoms. The van der Waals surface area contributed by atoms with Gasteiger partial charge in [0.15, 0.2) is 0 Å². The van der Waals surface area contributed by atoms with Crippen LogP contribution >= 0.6 is 0 Å². The van der Waals surface area contributed by atoms with E-state index in [0.29, 0.717) is 0 Å². The zero-order valence-electron chi connectivity index (χ0n) is 9.72. The molecule has 0 spiro atoms. The van der Waals surface area contributed by atoms with Crippen LogP contribution in [0.15, 0.2) is 24.3 Å². The number of rotatable bonds is 3. The molecule has 0 saturated heterocycles. The monoisotopic (exact) mass is 188 g/mol. The molecule has 0 amide bonds. The largest absolute Gasteiger partial charge is 0.0913 e. The zero-order valence-corrected chi connectivity index (χ0v) is 9.72. The summed E-state index contributed by atoms with van der Waals surface area (Å²) >= 11 is 0. The Labute approximate surface area is 87.7 Å². The molecule has 14 heavy (non-hydrogen) atoms. The molecule has 0 atom stereocenters. The van der Waals surface area contributed by atoms with Gasteiger partial charge in [0.05, 0.1) is 0 Å². The molecule has 1 aromatic carbocycles. The van der Waals surface area contributed by atoms with Crippen LogP contribution in [0.5, 0.6) is 0 Å². The minimum Gasteiger partial charge on any atom is -0.0913 e. The lowest BCUT2D eigenvalue weighted by Gasteiger charge is -2.11. The smallest absolute Gasteiger partial charge is 0.00948 e. The van der Waals surface area contributed by atoms with Gasteiger partial charge in [-0.2, -0.15) is 0 Å². The van der Waals surface area contributed by atoms with Crippen LogP contribution in [0.4, 0.5) is 0 Å². The van der Waals surface area contributed by atoms with Crippen LogP contribution in [0.25, 0.3) is 0 Å². The van der Waals surface area contributed by atoms with Crippen LogP contribution in [0.1, 0.15) is 36.1 Å². The number of allylic oxidation sites excluding steroid dienone is 2. The van der Waals surface area contributed by atoms with Crippen molar-refractivity contribution >= 4 is 0 Å². The van der Waals surface area contributed by atoms with E-state index < -0.39 is 0 Å². The second-order valence-corrected chi connectivity index (χ2v) is 3.76. The van der Waals surface area contributed by atoms with Gasteiger partial charge in [-0.1, -0.05) is 31.2 Å². The van der Waals surface area contributed by atoms with Gasteiger partial charge in [0.2, 0.25) is 0 Å². The second-order valence-electron chi connectivity index (χ2n) is 3.76.